The molecule has 100 valence electrons. The van der Waals surface area contributed by atoms with Gasteiger partial charge in [0.1, 0.15) is 0 Å². The third kappa shape index (κ3) is 2.98. The van der Waals surface area contributed by atoms with E-state index in [0.29, 0.717) is 10.2 Å². The molecule has 0 aliphatic rings. The number of halogens is 1. The largest absolute Gasteiger partial charge is 0.488 e. The van der Waals surface area contributed by atoms with Crippen LogP contribution in [-0.4, -0.2) is 17.2 Å². The van der Waals surface area contributed by atoms with Crippen LogP contribution in [0.3, 0.4) is 0 Å². The van der Waals surface area contributed by atoms with Crippen molar-refractivity contribution in [2.24, 2.45) is 0 Å². The van der Waals surface area contributed by atoms with Gasteiger partial charge in [0, 0.05) is 0 Å². The highest BCUT2D eigenvalue weighted by molar-refractivity contribution is 9.10. The second-order valence-electron chi connectivity index (χ2n) is 4.24. The smallest absolute Gasteiger partial charge is 0.349 e. The van der Waals surface area contributed by atoms with Crippen molar-refractivity contribution in [3.8, 4) is 16.2 Å². The first-order valence-corrected chi connectivity index (χ1v) is 7.39. The molecule has 2 aromatic rings. The molecule has 0 atom stereocenters. The van der Waals surface area contributed by atoms with Crippen LogP contribution in [-0.2, 0) is 0 Å². The highest BCUT2D eigenvalue weighted by atomic mass is 79.9. The minimum Gasteiger partial charge on any atom is -0.488 e. The molecule has 1 heterocycles. The van der Waals surface area contributed by atoms with Gasteiger partial charge in [-0.2, -0.15) is 0 Å². The standard InChI is InChI=1S/C14H13BrO3S/c1-8(2)18-11-10(15)12(19-13(11)14(16)17)9-6-4-3-5-7-9/h3-8H,1-2H3,(H,16,17). The maximum Gasteiger partial charge on any atom is 0.349 e. The van der Waals surface area contributed by atoms with Crippen LogP contribution in [0.1, 0.15) is 23.5 Å². The zero-order valence-corrected chi connectivity index (χ0v) is 12.9. The summed E-state index contributed by atoms with van der Waals surface area (Å²) in [6, 6.07) is 9.66. The molecule has 0 amide bonds. The SMILES string of the molecule is CC(C)Oc1c(C(=O)O)sc(-c2ccccc2)c1Br. The molecule has 1 aromatic carbocycles. The Hall–Kier alpha value is -1.33. The summed E-state index contributed by atoms with van der Waals surface area (Å²) < 4.78 is 6.33. The monoisotopic (exact) mass is 340 g/mol. The Labute approximate surface area is 124 Å². The third-order valence-corrected chi connectivity index (χ3v) is 4.62. The molecule has 0 radical (unpaired) electrons. The summed E-state index contributed by atoms with van der Waals surface area (Å²) in [4.78, 5) is 12.4. The number of carboxylic acid groups (broad SMARTS) is 1. The summed E-state index contributed by atoms with van der Waals surface area (Å²) in [6.07, 6.45) is -0.0763. The number of carboxylic acids is 1. The van der Waals surface area contributed by atoms with E-state index in [1.54, 1.807) is 0 Å². The number of hydrogen-bond donors (Lipinski definition) is 1. The van der Waals surface area contributed by atoms with Gasteiger partial charge >= 0.3 is 5.97 Å². The Morgan fingerprint density at radius 1 is 1.32 bits per heavy atom. The topological polar surface area (TPSA) is 46.5 Å². The second kappa shape index (κ2) is 5.75. The lowest BCUT2D eigenvalue weighted by Gasteiger charge is -2.09. The van der Waals surface area contributed by atoms with Crippen molar-refractivity contribution in [3.63, 3.8) is 0 Å². The van der Waals surface area contributed by atoms with E-state index in [-0.39, 0.29) is 11.0 Å². The van der Waals surface area contributed by atoms with Crippen LogP contribution in [0.5, 0.6) is 5.75 Å². The van der Waals surface area contributed by atoms with Crippen molar-refractivity contribution in [1.29, 1.82) is 0 Å². The van der Waals surface area contributed by atoms with E-state index in [0.717, 1.165) is 10.4 Å². The van der Waals surface area contributed by atoms with Gasteiger partial charge in [-0.3, -0.25) is 0 Å². The van der Waals surface area contributed by atoms with Gasteiger partial charge in [-0.05, 0) is 35.3 Å². The number of hydrogen-bond acceptors (Lipinski definition) is 3. The van der Waals surface area contributed by atoms with Gasteiger partial charge in [0.25, 0.3) is 0 Å². The van der Waals surface area contributed by atoms with Crippen LogP contribution >= 0.6 is 27.3 Å². The van der Waals surface area contributed by atoms with Crippen molar-refractivity contribution in [3.05, 3.63) is 39.7 Å². The summed E-state index contributed by atoms with van der Waals surface area (Å²) in [5.41, 5.74) is 0.973. The van der Waals surface area contributed by atoms with Crippen molar-refractivity contribution in [2.45, 2.75) is 20.0 Å². The molecule has 19 heavy (non-hydrogen) atoms. The number of benzene rings is 1. The molecule has 0 saturated heterocycles. The third-order valence-electron chi connectivity index (χ3n) is 2.39. The number of rotatable bonds is 4. The summed E-state index contributed by atoms with van der Waals surface area (Å²) in [5, 5.41) is 9.27. The lowest BCUT2D eigenvalue weighted by Crippen LogP contribution is -2.08. The molecule has 0 unspecified atom stereocenters. The zero-order valence-electron chi connectivity index (χ0n) is 10.5. The predicted molar refractivity (Wildman–Crippen MR) is 80.2 cm³/mol. The summed E-state index contributed by atoms with van der Waals surface area (Å²) in [5.74, 6) is -0.560. The van der Waals surface area contributed by atoms with Crippen molar-refractivity contribution < 1.29 is 14.6 Å². The Bertz CT molecular complexity index is 590. The number of aromatic carboxylic acids is 1. The van der Waals surface area contributed by atoms with Crippen molar-refractivity contribution >= 4 is 33.2 Å². The van der Waals surface area contributed by atoms with Crippen LogP contribution < -0.4 is 4.74 Å². The van der Waals surface area contributed by atoms with Gasteiger partial charge in [-0.15, -0.1) is 11.3 Å². The Morgan fingerprint density at radius 3 is 2.47 bits per heavy atom. The fraction of sp³-hybridized carbons (Fsp3) is 0.214. The van der Waals surface area contributed by atoms with E-state index >= 15 is 0 Å². The van der Waals surface area contributed by atoms with E-state index < -0.39 is 5.97 Å². The average Bonchev–Trinajstić information content (AvgIpc) is 2.68. The van der Waals surface area contributed by atoms with Crippen molar-refractivity contribution in [1.82, 2.24) is 0 Å². The maximum absolute atomic E-state index is 11.3. The molecule has 5 heteroatoms. The van der Waals surface area contributed by atoms with E-state index in [1.807, 2.05) is 44.2 Å². The number of thiophene rings is 1. The molecule has 0 bridgehead atoms. The first kappa shape index (κ1) is 14.1. The van der Waals surface area contributed by atoms with Crippen LogP contribution in [0, 0.1) is 0 Å². The highest BCUT2D eigenvalue weighted by Crippen LogP contribution is 2.45. The first-order valence-electron chi connectivity index (χ1n) is 5.78. The van der Waals surface area contributed by atoms with Gasteiger partial charge in [0.2, 0.25) is 0 Å². The van der Waals surface area contributed by atoms with E-state index in [1.165, 1.54) is 11.3 Å². The van der Waals surface area contributed by atoms with Gasteiger partial charge in [0.05, 0.1) is 15.5 Å². The molecule has 0 saturated carbocycles. The van der Waals surface area contributed by atoms with E-state index in [4.69, 9.17) is 4.74 Å². The molecular weight excluding hydrogens is 328 g/mol. The number of carbonyl (C=O) groups is 1. The lowest BCUT2D eigenvalue weighted by molar-refractivity contribution is 0.0696. The van der Waals surface area contributed by atoms with Crippen LogP contribution in [0.15, 0.2) is 34.8 Å². The number of ether oxygens (including phenoxy) is 1. The molecule has 0 spiro atoms. The van der Waals surface area contributed by atoms with Crippen LogP contribution in [0.4, 0.5) is 0 Å². The van der Waals surface area contributed by atoms with E-state index in [9.17, 15) is 9.90 Å². The van der Waals surface area contributed by atoms with Gasteiger partial charge in [0.15, 0.2) is 10.6 Å². The molecule has 0 aliphatic carbocycles. The molecule has 0 fully saturated rings. The fourth-order valence-corrected chi connectivity index (χ4v) is 3.52. The Kier molecular flexibility index (Phi) is 4.27. The highest BCUT2D eigenvalue weighted by Gasteiger charge is 2.24. The quantitative estimate of drug-likeness (QED) is 0.880. The maximum atomic E-state index is 11.3. The summed E-state index contributed by atoms with van der Waals surface area (Å²) in [7, 11) is 0. The minimum atomic E-state index is -0.969. The average molecular weight is 341 g/mol. The predicted octanol–water partition coefficient (Wildman–Crippen LogP) is 4.66. The van der Waals surface area contributed by atoms with Gasteiger partial charge in [-0.25, -0.2) is 4.79 Å². The molecular formula is C14H13BrO3S. The van der Waals surface area contributed by atoms with Crippen LogP contribution in [0.25, 0.3) is 10.4 Å². The lowest BCUT2D eigenvalue weighted by atomic mass is 10.2. The van der Waals surface area contributed by atoms with Crippen molar-refractivity contribution in [2.75, 3.05) is 0 Å². The molecule has 1 N–H and O–H groups in total. The zero-order chi connectivity index (χ0) is 14.0. The van der Waals surface area contributed by atoms with Gasteiger partial charge < -0.3 is 9.84 Å². The normalized spacial score (nSPS) is 10.7. The van der Waals surface area contributed by atoms with E-state index in [2.05, 4.69) is 15.9 Å². The first-order chi connectivity index (χ1) is 9.00. The minimum absolute atomic E-state index is 0.0763. The molecule has 0 aliphatic heterocycles. The Balaban J connectivity index is 2.55. The molecule has 3 nitrogen and oxygen atoms in total. The second-order valence-corrected chi connectivity index (χ2v) is 6.05. The fourth-order valence-electron chi connectivity index (χ4n) is 1.65. The molecule has 1 aromatic heterocycles. The summed E-state index contributed by atoms with van der Waals surface area (Å²) in [6.45, 7) is 3.75. The van der Waals surface area contributed by atoms with Gasteiger partial charge in [-0.1, -0.05) is 30.3 Å². The summed E-state index contributed by atoms with van der Waals surface area (Å²) >= 11 is 4.68. The van der Waals surface area contributed by atoms with Crippen LogP contribution in [0.2, 0.25) is 0 Å². The molecule has 2 rings (SSSR count). The Morgan fingerprint density at radius 2 is 1.95 bits per heavy atom.